The normalized spacial score (nSPS) is 24.6. The summed E-state index contributed by atoms with van der Waals surface area (Å²) < 4.78 is 0. The number of fused-ring (bicyclic) bond motifs is 1. The van der Waals surface area contributed by atoms with Gasteiger partial charge in [-0.3, -0.25) is 20.4 Å². The van der Waals surface area contributed by atoms with Crippen LogP contribution in [0.2, 0.25) is 0 Å². The number of amides is 1. The van der Waals surface area contributed by atoms with Crippen molar-refractivity contribution in [1.82, 2.24) is 21.4 Å². The molecule has 3 rings (SSSR count). The second kappa shape index (κ2) is 5.85. The molecule has 1 fully saturated rings. The van der Waals surface area contributed by atoms with Crippen LogP contribution in [0.1, 0.15) is 18.9 Å². The van der Waals surface area contributed by atoms with Gasteiger partial charge in [-0.25, -0.2) is 5.43 Å². The molecule has 1 aromatic rings. The van der Waals surface area contributed by atoms with E-state index in [2.05, 4.69) is 41.3 Å². The Labute approximate surface area is 124 Å². The molecule has 21 heavy (non-hydrogen) atoms. The summed E-state index contributed by atoms with van der Waals surface area (Å²) in [6.07, 6.45) is 2.49. The van der Waals surface area contributed by atoms with Crippen molar-refractivity contribution in [2.75, 3.05) is 11.6 Å². The number of hydrazine groups is 1. The van der Waals surface area contributed by atoms with Gasteiger partial charge >= 0.3 is 0 Å². The lowest BCUT2D eigenvalue weighted by Gasteiger charge is -2.31. The van der Waals surface area contributed by atoms with Crippen LogP contribution >= 0.6 is 0 Å². The van der Waals surface area contributed by atoms with E-state index >= 15 is 0 Å². The molecular weight excluding hydrogens is 266 g/mol. The first kappa shape index (κ1) is 14.1. The van der Waals surface area contributed by atoms with Crippen LogP contribution in [0, 0.1) is 6.92 Å². The van der Waals surface area contributed by atoms with Crippen LogP contribution < -0.4 is 26.4 Å². The third kappa shape index (κ3) is 2.78. The Morgan fingerprint density at radius 2 is 2.14 bits per heavy atom. The number of anilines is 1. The van der Waals surface area contributed by atoms with E-state index in [0.717, 1.165) is 24.2 Å². The fourth-order valence-corrected chi connectivity index (χ4v) is 2.57. The number of nitrogens with one attached hydrogen (secondary N) is 4. The highest BCUT2D eigenvalue weighted by molar-refractivity contribution is 5.96. The lowest BCUT2D eigenvalue weighted by molar-refractivity contribution is -0.120. The van der Waals surface area contributed by atoms with E-state index < -0.39 is 0 Å². The molecule has 2 unspecified atom stereocenters. The minimum atomic E-state index is -0.205. The van der Waals surface area contributed by atoms with Gasteiger partial charge in [0.05, 0.1) is 11.3 Å². The smallest absolute Gasteiger partial charge is 0.254 e. The Bertz CT molecular complexity index is 571. The number of hydrogen-bond acceptors (Lipinski definition) is 5. The van der Waals surface area contributed by atoms with Crippen molar-refractivity contribution in [2.45, 2.75) is 32.7 Å². The van der Waals surface area contributed by atoms with Crippen LogP contribution in [-0.4, -0.2) is 24.9 Å². The average molecular weight is 287 g/mol. The fourth-order valence-electron chi connectivity index (χ4n) is 2.57. The molecule has 0 saturated carbocycles. The molecule has 0 aromatic heterocycles. The SMILES string of the molecule is CCCNC1NC(=O)C2=CN(c3ccccc3C)NC2N1. The highest BCUT2D eigenvalue weighted by Gasteiger charge is 2.36. The molecule has 2 aliphatic rings. The van der Waals surface area contributed by atoms with E-state index in [1.54, 1.807) is 0 Å². The first-order chi connectivity index (χ1) is 10.2. The summed E-state index contributed by atoms with van der Waals surface area (Å²) in [7, 11) is 0. The molecule has 1 amide bonds. The Hall–Kier alpha value is -1.89. The third-order valence-corrected chi connectivity index (χ3v) is 3.69. The monoisotopic (exact) mass is 287 g/mol. The summed E-state index contributed by atoms with van der Waals surface area (Å²) in [5, 5.41) is 11.4. The maximum Gasteiger partial charge on any atom is 0.254 e. The lowest BCUT2D eigenvalue weighted by Crippen LogP contribution is -2.66. The van der Waals surface area contributed by atoms with Crippen LogP contribution in [0.3, 0.4) is 0 Å². The molecule has 0 spiro atoms. The van der Waals surface area contributed by atoms with Crippen molar-refractivity contribution in [3.8, 4) is 0 Å². The quantitative estimate of drug-likeness (QED) is 0.650. The molecule has 112 valence electrons. The van der Waals surface area contributed by atoms with Gasteiger partial charge in [0, 0.05) is 6.20 Å². The molecule has 6 heteroatoms. The first-order valence-corrected chi connectivity index (χ1v) is 7.32. The Balaban J connectivity index is 1.75. The van der Waals surface area contributed by atoms with Crippen LogP contribution in [-0.2, 0) is 4.79 Å². The van der Waals surface area contributed by atoms with Crippen molar-refractivity contribution < 1.29 is 4.79 Å². The zero-order valence-corrected chi connectivity index (χ0v) is 12.3. The topological polar surface area (TPSA) is 68.4 Å². The zero-order valence-electron chi connectivity index (χ0n) is 12.3. The van der Waals surface area contributed by atoms with E-state index in [9.17, 15) is 4.79 Å². The molecule has 2 aliphatic heterocycles. The van der Waals surface area contributed by atoms with Crippen molar-refractivity contribution in [3.05, 3.63) is 41.6 Å². The number of carbonyl (C=O) groups is 1. The van der Waals surface area contributed by atoms with E-state index in [1.165, 1.54) is 0 Å². The van der Waals surface area contributed by atoms with E-state index in [-0.39, 0.29) is 18.4 Å². The van der Waals surface area contributed by atoms with Crippen LogP contribution in [0.4, 0.5) is 5.69 Å². The Kier molecular flexibility index (Phi) is 3.92. The van der Waals surface area contributed by atoms with Gasteiger partial charge in [-0.05, 0) is 31.5 Å². The molecule has 0 bridgehead atoms. The summed E-state index contributed by atoms with van der Waals surface area (Å²) in [4.78, 5) is 12.2. The predicted octanol–water partition coefficient (Wildman–Crippen LogP) is 0.532. The summed E-state index contributed by atoms with van der Waals surface area (Å²) in [6.45, 7) is 5.00. The van der Waals surface area contributed by atoms with Crippen molar-refractivity contribution in [2.24, 2.45) is 0 Å². The fraction of sp³-hybridized carbons (Fsp3) is 0.400. The van der Waals surface area contributed by atoms with Gasteiger partial charge in [-0.2, -0.15) is 0 Å². The van der Waals surface area contributed by atoms with Gasteiger partial charge in [-0.15, -0.1) is 0 Å². The van der Waals surface area contributed by atoms with E-state index in [4.69, 9.17) is 0 Å². The highest BCUT2D eigenvalue weighted by atomic mass is 16.2. The predicted molar refractivity (Wildman–Crippen MR) is 82.0 cm³/mol. The van der Waals surface area contributed by atoms with Gasteiger partial charge in [0.15, 0.2) is 0 Å². The summed E-state index contributed by atoms with van der Waals surface area (Å²) in [5.74, 6) is -0.0454. The molecule has 1 saturated heterocycles. The molecule has 2 atom stereocenters. The number of carbonyl (C=O) groups excluding carboxylic acids is 1. The maximum atomic E-state index is 12.2. The van der Waals surface area contributed by atoms with Crippen LogP contribution in [0.5, 0.6) is 0 Å². The second-order valence-electron chi connectivity index (χ2n) is 5.33. The Morgan fingerprint density at radius 1 is 1.33 bits per heavy atom. The van der Waals surface area contributed by atoms with Crippen molar-refractivity contribution in [1.29, 1.82) is 0 Å². The Morgan fingerprint density at radius 3 is 2.90 bits per heavy atom. The number of aryl methyl sites for hydroxylation is 1. The molecule has 0 aliphatic carbocycles. The van der Waals surface area contributed by atoms with E-state index in [1.807, 2.05) is 29.4 Å². The lowest BCUT2D eigenvalue weighted by atomic mass is 10.2. The number of nitrogens with zero attached hydrogens (tertiary/aromatic N) is 1. The van der Waals surface area contributed by atoms with Crippen LogP contribution in [0.25, 0.3) is 0 Å². The van der Waals surface area contributed by atoms with Crippen molar-refractivity contribution >= 4 is 11.6 Å². The van der Waals surface area contributed by atoms with Gasteiger partial charge in [0.25, 0.3) is 5.91 Å². The second-order valence-corrected chi connectivity index (χ2v) is 5.33. The molecule has 0 radical (unpaired) electrons. The minimum Gasteiger partial charge on any atom is -0.324 e. The minimum absolute atomic E-state index is 0.0454. The van der Waals surface area contributed by atoms with Crippen molar-refractivity contribution in [3.63, 3.8) is 0 Å². The molecular formula is C15H21N5O. The summed E-state index contributed by atoms with van der Waals surface area (Å²) in [6, 6.07) is 8.08. The van der Waals surface area contributed by atoms with Gasteiger partial charge in [0.1, 0.15) is 12.5 Å². The maximum absolute atomic E-state index is 12.2. The standard InChI is InChI=1S/C15H21N5O/c1-3-8-16-15-17-13-11(14(21)18-15)9-20(19-13)12-7-5-4-6-10(12)2/h4-7,9,13,15-17,19H,3,8H2,1-2H3,(H,18,21). The van der Waals surface area contributed by atoms with Gasteiger partial charge in [-0.1, -0.05) is 25.1 Å². The molecule has 4 N–H and O–H groups in total. The third-order valence-electron chi connectivity index (χ3n) is 3.69. The molecule has 1 aromatic carbocycles. The summed E-state index contributed by atoms with van der Waals surface area (Å²) >= 11 is 0. The molecule has 2 heterocycles. The largest absolute Gasteiger partial charge is 0.324 e. The molecule has 6 nitrogen and oxygen atoms in total. The highest BCUT2D eigenvalue weighted by Crippen LogP contribution is 2.24. The number of rotatable bonds is 4. The van der Waals surface area contributed by atoms with Gasteiger partial charge in [0.2, 0.25) is 0 Å². The van der Waals surface area contributed by atoms with Crippen LogP contribution in [0.15, 0.2) is 36.0 Å². The van der Waals surface area contributed by atoms with E-state index in [0.29, 0.717) is 5.57 Å². The zero-order chi connectivity index (χ0) is 14.8. The number of hydrogen-bond donors (Lipinski definition) is 4. The van der Waals surface area contributed by atoms with Gasteiger partial charge < -0.3 is 5.32 Å². The summed E-state index contributed by atoms with van der Waals surface area (Å²) in [5.41, 5.74) is 6.22. The number of benzene rings is 1. The number of para-hydroxylation sites is 1. The first-order valence-electron chi connectivity index (χ1n) is 7.32. The average Bonchev–Trinajstić information content (AvgIpc) is 2.90.